The first-order chi connectivity index (χ1) is 9.18. The molecule has 1 rings (SSSR count). The fourth-order valence-corrected chi connectivity index (χ4v) is 3.33. The average Bonchev–Trinajstić information content (AvgIpc) is 2.34. The van der Waals surface area contributed by atoms with Gasteiger partial charge in [-0.05, 0) is 18.1 Å². The minimum absolute atomic E-state index is 0.0701. The molecule has 1 amide bonds. The van der Waals surface area contributed by atoms with Crippen molar-refractivity contribution in [3.63, 3.8) is 0 Å². The maximum atomic E-state index is 12.1. The normalized spacial score (nSPS) is 13.1. The lowest BCUT2D eigenvalue weighted by Gasteiger charge is -2.13. The van der Waals surface area contributed by atoms with E-state index in [1.165, 1.54) is 12.1 Å². The maximum absolute atomic E-state index is 12.1. The molecular weight excluding hydrogens is 345 g/mol. The van der Waals surface area contributed by atoms with Gasteiger partial charge in [0.1, 0.15) is 4.90 Å². The average molecular weight is 359 g/mol. The molecule has 1 atom stereocenters. The Morgan fingerprint density at radius 3 is 2.45 bits per heavy atom. The summed E-state index contributed by atoms with van der Waals surface area (Å²) in [5.41, 5.74) is -0.0849. The Hall–Kier alpha value is -0.490. The van der Waals surface area contributed by atoms with Gasteiger partial charge in [0, 0.05) is 17.2 Å². The molecule has 0 aliphatic heterocycles. The van der Waals surface area contributed by atoms with Crippen LogP contribution >= 0.6 is 33.9 Å². The van der Waals surface area contributed by atoms with Gasteiger partial charge in [-0.15, -0.1) is 0 Å². The van der Waals surface area contributed by atoms with Crippen LogP contribution in [0.25, 0.3) is 0 Å². The molecule has 0 aliphatic rings. The van der Waals surface area contributed by atoms with Crippen LogP contribution in [0, 0.1) is 5.92 Å². The summed E-state index contributed by atoms with van der Waals surface area (Å²) in [6.07, 6.45) is 0.901. The lowest BCUT2D eigenvalue weighted by Crippen LogP contribution is -2.28. The van der Waals surface area contributed by atoms with Crippen molar-refractivity contribution in [3.05, 3.63) is 27.7 Å². The van der Waals surface area contributed by atoms with Crippen LogP contribution in [-0.2, 0) is 9.05 Å². The second-order valence-corrected chi connectivity index (χ2v) is 7.72. The highest BCUT2D eigenvalue weighted by molar-refractivity contribution is 8.13. The number of amides is 1. The van der Waals surface area contributed by atoms with E-state index >= 15 is 0 Å². The van der Waals surface area contributed by atoms with E-state index in [1.54, 1.807) is 0 Å². The quantitative estimate of drug-likeness (QED) is 0.816. The van der Waals surface area contributed by atoms with Gasteiger partial charge in [-0.2, -0.15) is 0 Å². The minimum atomic E-state index is -4.04. The molecule has 0 radical (unpaired) electrons. The Kier molecular flexibility index (Phi) is 6.13. The summed E-state index contributed by atoms with van der Waals surface area (Å²) in [4.78, 5) is 11.7. The lowest BCUT2D eigenvalue weighted by atomic mass is 10.1. The highest BCUT2D eigenvalue weighted by atomic mass is 35.7. The Morgan fingerprint density at radius 2 is 1.95 bits per heavy atom. The third-order valence-electron chi connectivity index (χ3n) is 2.85. The summed E-state index contributed by atoms with van der Waals surface area (Å²) in [5.74, 6) is -0.237. The van der Waals surface area contributed by atoms with E-state index in [0.29, 0.717) is 6.54 Å². The van der Waals surface area contributed by atoms with Crippen molar-refractivity contribution in [2.45, 2.75) is 25.2 Å². The molecule has 0 aromatic heterocycles. The molecule has 1 aromatic carbocycles. The Morgan fingerprint density at radius 1 is 1.35 bits per heavy atom. The van der Waals surface area contributed by atoms with E-state index in [-0.39, 0.29) is 26.4 Å². The molecule has 0 saturated heterocycles. The molecule has 1 unspecified atom stereocenters. The van der Waals surface area contributed by atoms with Crippen molar-refractivity contribution in [3.8, 4) is 0 Å². The van der Waals surface area contributed by atoms with Gasteiger partial charge in [-0.25, -0.2) is 8.42 Å². The Bertz CT molecular complexity index is 617. The molecule has 4 nitrogen and oxygen atoms in total. The van der Waals surface area contributed by atoms with Crippen LogP contribution in [0.4, 0.5) is 0 Å². The molecule has 1 aromatic rings. The summed E-state index contributed by atoms with van der Waals surface area (Å²) in [6, 6.07) is 2.44. The summed E-state index contributed by atoms with van der Waals surface area (Å²) in [5, 5.41) is 2.47. The van der Waals surface area contributed by atoms with Crippen LogP contribution in [0.3, 0.4) is 0 Å². The molecule has 112 valence electrons. The smallest absolute Gasteiger partial charge is 0.262 e. The van der Waals surface area contributed by atoms with Crippen molar-refractivity contribution in [2.24, 2.45) is 5.92 Å². The molecule has 0 heterocycles. The number of hydrogen-bond acceptors (Lipinski definition) is 3. The van der Waals surface area contributed by atoms with Crippen LogP contribution in [0.1, 0.15) is 30.6 Å². The van der Waals surface area contributed by atoms with Crippen LogP contribution in [0.2, 0.25) is 10.0 Å². The number of benzene rings is 1. The fraction of sp³-hybridized carbons (Fsp3) is 0.417. The molecule has 1 N–H and O–H groups in total. The SMILES string of the molecule is CCC(C)CNC(=O)c1c(Cl)ccc(S(=O)(=O)Cl)c1Cl. The fourth-order valence-electron chi connectivity index (χ4n) is 1.43. The highest BCUT2D eigenvalue weighted by Gasteiger charge is 2.23. The molecule has 20 heavy (non-hydrogen) atoms. The topological polar surface area (TPSA) is 63.2 Å². The van der Waals surface area contributed by atoms with E-state index in [4.69, 9.17) is 33.9 Å². The molecule has 8 heteroatoms. The monoisotopic (exact) mass is 357 g/mol. The number of nitrogens with one attached hydrogen (secondary N) is 1. The second kappa shape index (κ2) is 6.98. The van der Waals surface area contributed by atoms with Gasteiger partial charge in [-0.3, -0.25) is 4.79 Å². The van der Waals surface area contributed by atoms with E-state index in [2.05, 4.69) is 5.32 Å². The van der Waals surface area contributed by atoms with E-state index in [0.717, 1.165) is 6.42 Å². The predicted molar refractivity (Wildman–Crippen MR) is 81.3 cm³/mol. The minimum Gasteiger partial charge on any atom is -0.352 e. The van der Waals surface area contributed by atoms with Crippen molar-refractivity contribution in [1.82, 2.24) is 5.32 Å². The van der Waals surface area contributed by atoms with Crippen LogP contribution < -0.4 is 5.32 Å². The van der Waals surface area contributed by atoms with E-state index in [9.17, 15) is 13.2 Å². The van der Waals surface area contributed by atoms with Crippen molar-refractivity contribution < 1.29 is 13.2 Å². The van der Waals surface area contributed by atoms with Gasteiger partial charge in [0.2, 0.25) is 0 Å². The van der Waals surface area contributed by atoms with Crippen LogP contribution in [-0.4, -0.2) is 20.9 Å². The number of hydrogen-bond donors (Lipinski definition) is 1. The van der Waals surface area contributed by atoms with Gasteiger partial charge in [0.25, 0.3) is 15.0 Å². The molecule has 0 bridgehead atoms. The summed E-state index contributed by atoms with van der Waals surface area (Å²) >= 11 is 11.8. The van der Waals surface area contributed by atoms with Crippen LogP contribution in [0.15, 0.2) is 17.0 Å². The predicted octanol–water partition coefficient (Wildman–Crippen LogP) is 3.70. The van der Waals surface area contributed by atoms with Crippen molar-refractivity contribution in [2.75, 3.05) is 6.54 Å². The van der Waals surface area contributed by atoms with Crippen LogP contribution in [0.5, 0.6) is 0 Å². The summed E-state index contributed by atoms with van der Waals surface area (Å²) < 4.78 is 22.7. The number of carbonyl (C=O) groups is 1. The first-order valence-corrected chi connectivity index (χ1v) is 8.95. The number of carbonyl (C=O) groups excluding carboxylic acids is 1. The van der Waals surface area contributed by atoms with E-state index in [1.807, 2.05) is 13.8 Å². The number of halogens is 3. The van der Waals surface area contributed by atoms with Crippen molar-refractivity contribution in [1.29, 1.82) is 0 Å². The highest BCUT2D eigenvalue weighted by Crippen LogP contribution is 2.32. The Labute approximate surface area is 132 Å². The largest absolute Gasteiger partial charge is 0.352 e. The second-order valence-electron chi connectivity index (χ2n) is 4.40. The van der Waals surface area contributed by atoms with E-state index < -0.39 is 15.0 Å². The zero-order chi connectivity index (χ0) is 15.5. The van der Waals surface area contributed by atoms with Gasteiger partial charge >= 0.3 is 0 Å². The summed E-state index contributed by atoms with van der Waals surface area (Å²) in [6.45, 7) is 4.42. The maximum Gasteiger partial charge on any atom is 0.262 e. The first kappa shape index (κ1) is 17.6. The molecule has 0 fully saturated rings. The number of rotatable bonds is 5. The zero-order valence-electron chi connectivity index (χ0n) is 10.9. The molecule has 0 spiro atoms. The standard InChI is InChI=1S/C12H14Cl3NO3S/c1-3-7(2)6-16-12(17)10-8(13)4-5-9(11(10)14)20(15,18)19/h4-5,7H,3,6H2,1-2H3,(H,16,17). The first-order valence-electron chi connectivity index (χ1n) is 5.89. The van der Waals surface area contributed by atoms with Gasteiger partial charge in [0.15, 0.2) is 0 Å². The third-order valence-corrected chi connectivity index (χ3v) is 5.04. The Balaban J connectivity index is 3.15. The van der Waals surface area contributed by atoms with Gasteiger partial charge < -0.3 is 5.32 Å². The zero-order valence-corrected chi connectivity index (χ0v) is 14.0. The van der Waals surface area contributed by atoms with Crippen molar-refractivity contribution >= 4 is 48.8 Å². The van der Waals surface area contributed by atoms with Gasteiger partial charge in [-0.1, -0.05) is 43.5 Å². The third kappa shape index (κ3) is 4.25. The molecular formula is C12H14Cl3NO3S. The molecule has 0 saturated carbocycles. The molecule has 0 aliphatic carbocycles. The summed E-state index contributed by atoms with van der Waals surface area (Å²) in [7, 11) is 1.22. The van der Waals surface area contributed by atoms with Gasteiger partial charge in [0.05, 0.1) is 15.6 Å². The lowest BCUT2D eigenvalue weighted by molar-refractivity contribution is 0.0948.